The molecule has 1 aromatic carbocycles. The molecule has 0 amide bonds. The lowest BCUT2D eigenvalue weighted by atomic mass is 10.2. The van der Waals surface area contributed by atoms with Gasteiger partial charge in [0.1, 0.15) is 0 Å². The Kier molecular flexibility index (Phi) is 4.48. The molecule has 0 saturated heterocycles. The highest BCUT2D eigenvalue weighted by Crippen LogP contribution is 2.28. The number of rotatable bonds is 5. The third-order valence-corrected chi connectivity index (χ3v) is 3.54. The summed E-state index contributed by atoms with van der Waals surface area (Å²) in [4.78, 5) is 8.30. The number of nitrogens with one attached hydrogen (secondary N) is 2. The molecule has 2 aromatic rings. The maximum Gasteiger partial charge on any atom is 0.170 e. The number of aromatic amines is 1. The van der Waals surface area contributed by atoms with Gasteiger partial charge in [-0.05, 0) is 24.2 Å². The molecule has 3 nitrogen and oxygen atoms in total. The summed E-state index contributed by atoms with van der Waals surface area (Å²) < 4.78 is 0. The Morgan fingerprint density at radius 2 is 2.35 bits per heavy atom. The number of hydrogen-bond acceptors (Lipinski definition) is 3. The number of nitrogens with zero attached hydrogens (tertiary/aromatic N) is 1. The van der Waals surface area contributed by atoms with E-state index in [1.165, 1.54) is 0 Å². The van der Waals surface area contributed by atoms with Gasteiger partial charge in [0.25, 0.3) is 0 Å². The third kappa shape index (κ3) is 3.49. The monoisotopic (exact) mass is 267 g/mol. The third-order valence-electron chi connectivity index (χ3n) is 2.28. The fraction of sp³-hybridized carbons (Fsp3) is 0.250. The lowest BCUT2D eigenvalue weighted by molar-refractivity contribution is 0.726. The molecule has 0 spiro atoms. The van der Waals surface area contributed by atoms with Gasteiger partial charge in [-0.25, -0.2) is 4.98 Å². The van der Waals surface area contributed by atoms with Crippen molar-refractivity contribution in [3.63, 3.8) is 0 Å². The fourth-order valence-corrected chi connectivity index (χ4v) is 2.50. The van der Waals surface area contributed by atoms with Crippen LogP contribution in [0.15, 0.2) is 40.6 Å². The number of hydrogen-bond donors (Lipinski definition) is 2. The molecule has 90 valence electrons. The Bertz CT molecular complexity index is 471. The zero-order valence-corrected chi connectivity index (χ0v) is 11.1. The van der Waals surface area contributed by atoms with Crippen LogP contribution in [0.1, 0.15) is 12.5 Å². The van der Waals surface area contributed by atoms with Gasteiger partial charge in [-0.1, -0.05) is 36.4 Å². The topological polar surface area (TPSA) is 40.7 Å². The maximum absolute atomic E-state index is 6.22. The predicted molar refractivity (Wildman–Crippen MR) is 71.5 cm³/mol. The van der Waals surface area contributed by atoms with E-state index in [0.29, 0.717) is 0 Å². The molecule has 17 heavy (non-hydrogen) atoms. The maximum atomic E-state index is 6.22. The molecule has 0 saturated carbocycles. The zero-order valence-electron chi connectivity index (χ0n) is 9.53. The molecule has 0 aliphatic heterocycles. The first-order chi connectivity index (χ1) is 8.29. The minimum Gasteiger partial charge on any atom is -0.339 e. The van der Waals surface area contributed by atoms with Crippen molar-refractivity contribution in [2.24, 2.45) is 0 Å². The van der Waals surface area contributed by atoms with Crippen molar-refractivity contribution in [3.05, 3.63) is 41.2 Å². The molecule has 1 heterocycles. The van der Waals surface area contributed by atoms with Crippen LogP contribution in [0, 0.1) is 0 Å². The van der Waals surface area contributed by atoms with Gasteiger partial charge in [-0.3, -0.25) is 0 Å². The van der Waals surface area contributed by atoms with E-state index in [4.69, 9.17) is 11.6 Å². The molecule has 0 fully saturated rings. The normalized spacial score (nSPS) is 10.7. The molecule has 5 heteroatoms. The van der Waals surface area contributed by atoms with Crippen LogP contribution in [0.4, 0.5) is 0 Å². The van der Waals surface area contributed by atoms with Crippen molar-refractivity contribution in [3.8, 4) is 0 Å². The van der Waals surface area contributed by atoms with Crippen LogP contribution in [0.3, 0.4) is 0 Å². The fourth-order valence-electron chi connectivity index (χ4n) is 1.41. The van der Waals surface area contributed by atoms with Crippen LogP contribution < -0.4 is 5.32 Å². The molecule has 0 aliphatic rings. The Morgan fingerprint density at radius 1 is 1.47 bits per heavy atom. The van der Waals surface area contributed by atoms with Crippen molar-refractivity contribution in [2.75, 3.05) is 6.54 Å². The van der Waals surface area contributed by atoms with E-state index in [-0.39, 0.29) is 0 Å². The lowest BCUT2D eigenvalue weighted by Gasteiger charge is -2.06. The summed E-state index contributed by atoms with van der Waals surface area (Å²) in [6, 6.07) is 6.09. The second-order valence-electron chi connectivity index (χ2n) is 3.53. The van der Waals surface area contributed by atoms with Crippen molar-refractivity contribution >= 4 is 23.4 Å². The summed E-state index contributed by atoms with van der Waals surface area (Å²) in [5.74, 6) is 0. The van der Waals surface area contributed by atoms with E-state index in [2.05, 4.69) is 34.3 Å². The summed E-state index contributed by atoms with van der Waals surface area (Å²) in [6.45, 7) is 3.83. The molecule has 0 radical (unpaired) electrons. The van der Waals surface area contributed by atoms with Crippen molar-refractivity contribution in [2.45, 2.75) is 23.5 Å². The van der Waals surface area contributed by atoms with Crippen LogP contribution in [0.25, 0.3) is 0 Å². The average molecular weight is 268 g/mol. The van der Waals surface area contributed by atoms with Crippen LogP contribution in [-0.4, -0.2) is 16.5 Å². The van der Waals surface area contributed by atoms with Crippen molar-refractivity contribution in [1.29, 1.82) is 0 Å². The molecule has 0 aliphatic carbocycles. The molecular weight excluding hydrogens is 254 g/mol. The van der Waals surface area contributed by atoms with Gasteiger partial charge in [-0.15, -0.1) is 0 Å². The summed E-state index contributed by atoms with van der Waals surface area (Å²) in [7, 11) is 0. The number of benzene rings is 1. The van der Waals surface area contributed by atoms with Gasteiger partial charge in [-0.2, -0.15) is 0 Å². The first-order valence-electron chi connectivity index (χ1n) is 5.46. The van der Waals surface area contributed by atoms with E-state index in [9.17, 15) is 0 Å². The summed E-state index contributed by atoms with van der Waals surface area (Å²) >= 11 is 7.79. The Morgan fingerprint density at radius 3 is 3.00 bits per heavy atom. The zero-order chi connectivity index (χ0) is 12.1. The summed E-state index contributed by atoms with van der Waals surface area (Å²) in [5.41, 5.74) is 1.12. The van der Waals surface area contributed by atoms with Crippen LogP contribution in [0.5, 0.6) is 0 Å². The molecule has 0 bridgehead atoms. The van der Waals surface area contributed by atoms with Gasteiger partial charge in [0.15, 0.2) is 5.16 Å². The average Bonchev–Trinajstić information content (AvgIpc) is 2.81. The van der Waals surface area contributed by atoms with Gasteiger partial charge >= 0.3 is 0 Å². The number of H-pyrrole nitrogens is 1. The predicted octanol–water partition coefficient (Wildman–Crippen LogP) is 3.32. The lowest BCUT2D eigenvalue weighted by Crippen LogP contribution is -2.11. The number of halogens is 1. The van der Waals surface area contributed by atoms with E-state index >= 15 is 0 Å². The number of imidazole rings is 1. The molecule has 2 N–H and O–H groups in total. The quantitative estimate of drug-likeness (QED) is 0.873. The second kappa shape index (κ2) is 6.10. The van der Waals surface area contributed by atoms with Crippen molar-refractivity contribution < 1.29 is 0 Å². The van der Waals surface area contributed by atoms with Crippen molar-refractivity contribution in [1.82, 2.24) is 15.3 Å². The standard InChI is InChI=1S/C12H14ClN3S/c1-2-14-8-9-3-4-10(7-11(9)13)17-12-15-5-6-16-12/h3-7,14H,2,8H2,1H3,(H,15,16). The van der Waals surface area contributed by atoms with Gasteiger partial charge in [0, 0.05) is 28.9 Å². The Labute approximate surface area is 110 Å². The highest BCUT2D eigenvalue weighted by atomic mass is 35.5. The van der Waals surface area contributed by atoms with E-state index in [0.717, 1.165) is 33.7 Å². The first-order valence-corrected chi connectivity index (χ1v) is 6.65. The molecule has 0 atom stereocenters. The molecule has 0 unspecified atom stereocenters. The molecular formula is C12H14ClN3S. The SMILES string of the molecule is CCNCc1ccc(Sc2ncc[nH]2)cc1Cl. The minimum absolute atomic E-state index is 0.794. The molecule has 2 rings (SSSR count). The van der Waals surface area contributed by atoms with Gasteiger partial charge in [0.2, 0.25) is 0 Å². The Balaban J connectivity index is 2.08. The summed E-state index contributed by atoms with van der Waals surface area (Å²) in [6.07, 6.45) is 3.55. The smallest absolute Gasteiger partial charge is 0.170 e. The van der Waals surface area contributed by atoms with Gasteiger partial charge < -0.3 is 10.3 Å². The molecule has 1 aromatic heterocycles. The van der Waals surface area contributed by atoms with E-state index in [1.807, 2.05) is 12.3 Å². The van der Waals surface area contributed by atoms with E-state index < -0.39 is 0 Å². The van der Waals surface area contributed by atoms with Crippen LogP contribution in [-0.2, 0) is 6.54 Å². The van der Waals surface area contributed by atoms with Crippen LogP contribution in [0.2, 0.25) is 5.02 Å². The highest BCUT2D eigenvalue weighted by molar-refractivity contribution is 7.99. The Hall–Kier alpha value is -0.970. The highest BCUT2D eigenvalue weighted by Gasteiger charge is 2.04. The number of aromatic nitrogens is 2. The second-order valence-corrected chi connectivity index (χ2v) is 5.00. The van der Waals surface area contributed by atoms with Gasteiger partial charge in [0.05, 0.1) is 0 Å². The van der Waals surface area contributed by atoms with Crippen LogP contribution >= 0.6 is 23.4 Å². The minimum atomic E-state index is 0.794. The largest absolute Gasteiger partial charge is 0.339 e. The van der Waals surface area contributed by atoms with E-state index in [1.54, 1.807) is 18.0 Å². The first kappa shape index (κ1) is 12.5. The summed E-state index contributed by atoms with van der Waals surface area (Å²) in [5, 5.41) is 4.93.